The summed E-state index contributed by atoms with van der Waals surface area (Å²) in [5.41, 5.74) is 0. The average molecular weight is 214 g/mol. The highest BCUT2D eigenvalue weighted by Crippen LogP contribution is 2.18. The van der Waals surface area contributed by atoms with Crippen molar-refractivity contribution in [2.24, 2.45) is 11.8 Å². The fourth-order valence-electron chi connectivity index (χ4n) is 1.65. The molecule has 0 saturated carbocycles. The van der Waals surface area contributed by atoms with Gasteiger partial charge in [0.2, 0.25) is 0 Å². The van der Waals surface area contributed by atoms with Gasteiger partial charge >= 0.3 is 6.09 Å². The fourth-order valence-corrected chi connectivity index (χ4v) is 1.65. The molecule has 1 amide bonds. The first-order chi connectivity index (χ1) is 7.04. The van der Waals surface area contributed by atoms with Crippen LogP contribution in [0.25, 0.3) is 0 Å². The zero-order valence-corrected chi connectivity index (χ0v) is 10.1. The predicted octanol–water partition coefficient (Wildman–Crippen LogP) is 1.32. The van der Waals surface area contributed by atoms with Crippen molar-refractivity contribution < 1.29 is 9.53 Å². The van der Waals surface area contributed by atoms with Crippen LogP contribution in [-0.4, -0.2) is 43.8 Å². The van der Waals surface area contributed by atoms with Gasteiger partial charge in [-0.25, -0.2) is 4.79 Å². The van der Waals surface area contributed by atoms with Crippen LogP contribution in [-0.2, 0) is 4.74 Å². The molecule has 4 heteroatoms. The molecule has 4 nitrogen and oxygen atoms in total. The van der Waals surface area contributed by atoms with Crippen molar-refractivity contribution in [3.8, 4) is 0 Å². The number of amides is 1. The highest BCUT2D eigenvalue weighted by molar-refractivity contribution is 5.68. The van der Waals surface area contributed by atoms with Gasteiger partial charge in [0.15, 0.2) is 0 Å². The van der Waals surface area contributed by atoms with Gasteiger partial charge in [-0.05, 0) is 19.9 Å². The fraction of sp³-hybridized carbons (Fsp3) is 0.909. The number of likely N-dealkylation sites (N-methyl/N-ethyl adjacent to an activating group) is 1. The topological polar surface area (TPSA) is 41.6 Å². The maximum absolute atomic E-state index is 11.5. The molecule has 2 atom stereocenters. The minimum absolute atomic E-state index is 0.172. The number of nitrogens with zero attached hydrogens (tertiary/aromatic N) is 1. The number of nitrogens with one attached hydrogen (secondary N) is 1. The van der Waals surface area contributed by atoms with Crippen molar-refractivity contribution in [3.05, 3.63) is 0 Å². The number of carbonyl (C=O) groups is 1. The third-order valence-electron chi connectivity index (χ3n) is 3.06. The monoisotopic (exact) mass is 214 g/mol. The highest BCUT2D eigenvalue weighted by Gasteiger charge is 2.29. The van der Waals surface area contributed by atoms with Crippen LogP contribution in [0.1, 0.15) is 20.8 Å². The summed E-state index contributed by atoms with van der Waals surface area (Å²) in [6.07, 6.45) is -0.172. The first-order valence-corrected chi connectivity index (χ1v) is 5.63. The van der Waals surface area contributed by atoms with Gasteiger partial charge in [-0.3, -0.25) is 0 Å². The molecular formula is C11H22N2O2. The molecule has 15 heavy (non-hydrogen) atoms. The van der Waals surface area contributed by atoms with Gasteiger partial charge in [-0.2, -0.15) is 0 Å². The second-order valence-electron chi connectivity index (χ2n) is 4.68. The first kappa shape index (κ1) is 12.3. The molecule has 88 valence electrons. The highest BCUT2D eigenvalue weighted by atomic mass is 16.6. The van der Waals surface area contributed by atoms with Gasteiger partial charge in [0.05, 0.1) is 6.61 Å². The largest absolute Gasteiger partial charge is 0.449 e. The molecule has 0 aromatic carbocycles. The summed E-state index contributed by atoms with van der Waals surface area (Å²) in [5.74, 6) is 1.03. The van der Waals surface area contributed by atoms with E-state index in [1.165, 1.54) is 0 Å². The molecule has 0 aliphatic carbocycles. The number of ether oxygens (including phenoxy) is 1. The third kappa shape index (κ3) is 3.38. The lowest BCUT2D eigenvalue weighted by Gasteiger charge is -2.35. The Bertz CT molecular complexity index is 219. The third-order valence-corrected chi connectivity index (χ3v) is 3.06. The van der Waals surface area contributed by atoms with E-state index in [0.717, 1.165) is 13.1 Å². The van der Waals surface area contributed by atoms with E-state index in [4.69, 9.17) is 4.74 Å². The number of hydrogen-bond donors (Lipinski definition) is 1. The van der Waals surface area contributed by atoms with E-state index in [9.17, 15) is 4.79 Å². The van der Waals surface area contributed by atoms with Crippen molar-refractivity contribution in [3.63, 3.8) is 0 Å². The van der Waals surface area contributed by atoms with E-state index < -0.39 is 0 Å². The van der Waals surface area contributed by atoms with Crippen molar-refractivity contribution in [2.45, 2.75) is 26.8 Å². The molecule has 1 saturated heterocycles. The molecule has 0 bridgehead atoms. The Kier molecular flexibility index (Phi) is 4.39. The van der Waals surface area contributed by atoms with Crippen LogP contribution in [0.4, 0.5) is 4.79 Å². The van der Waals surface area contributed by atoms with E-state index in [1.807, 2.05) is 7.05 Å². The summed E-state index contributed by atoms with van der Waals surface area (Å²) < 4.78 is 5.17. The lowest BCUT2D eigenvalue weighted by Crippen LogP contribution is -2.49. The number of carbonyl (C=O) groups excluding carboxylic acids is 1. The zero-order chi connectivity index (χ0) is 11.4. The maximum Gasteiger partial charge on any atom is 0.409 e. The maximum atomic E-state index is 11.5. The molecule has 1 N–H and O–H groups in total. The molecule has 2 unspecified atom stereocenters. The van der Waals surface area contributed by atoms with Crippen molar-refractivity contribution in [1.82, 2.24) is 10.2 Å². The van der Waals surface area contributed by atoms with E-state index in [1.54, 1.807) is 4.90 Å². The minimum Gasteiger partial charge on any atom is -0.449 e. The van der Waals surface area contributed by atoms with E-state index in [2.05, 4.69) is 26.1 Å². The molecule has 0 aromatic rings. The molecule has 0 aromatic heterocycles. The zero-order valence-electron chi connectivity index (χ0n) is 10.1. The standard InChI is InChI=1S/C11H22N2O2/c1-8(2)10-6-13(5-9(3)12-4)11(14)15-7-10/h8-10,12H,5-7H2,1-4H3. The quantitative estimate of drug-likeness (QED) is 0.767. The SMILES string of the molecule is CNC(C)CN1CC(C(C)C)COC1=O. The van der Waals surface area contributed by atoms with E-state index in [-0.39, 0.29) is 6.09 Å². The lowest BCUT2D eigenvalue weighted by atomic mass is 9.95. The summed E-state index contributed by atoms with van der Waals surface area (Å²) in [5, 5.41) is 3.13. The Morgan fingerprint density at radius 3 is 2.73 bits per heavy atom. The van der Waals surface area contributed by atoms with Gasteiger partial charge in [0, 0.05) is 25.0 Å². The van der Waals surface area contributed by atoms with Crippen LogP contribution in [0, 0.1) is 11.8 Å². The Balaban J connectivity index is 2.50. The Labute approximate surface area is 92.0 Å². The van der Waals surface area contributed by atoms with Crippen molar-refractivity contribution in [2.75, 3.05) is 26.7 Å². The second-order valence-corrected chi connectivity index (χ2v) is 4.68. The predicted molar refractivity (Wildman–Crippen MR) is 59.8 cm³/mol. The molecule has 0 spiro atoms. The van der Waals surface area contributed by atoms with E-state index >= 15 is 0 Å². The summed E-state index contributed by atoms with van der Waals surface area (Å²) in [6, 6.07) is 0.309. The Morgan fingerprint density at radius 1 is 1.53 bits per heavy atom. The number of cyclic esters (lactones) is 1. The van der Waals surface area contributed by atoms with Crippen LogP contribution in [0.5, 0.6) is 0 Å². The normalized spacial score (nSPS) is 24.2. The summed E-state index contributed by atoms with van der Waals surface area (Å²) in [7, 11) is 1.90. The van der Waals surface area contributed by atoms with Crippen LogP contribution < -0.4 is 5.32 Å². The molecular weight excluding hydrogens is 192 g/mol. The number of rotatable bonds is 4. The molecule has 1 aliphatic rings. The summed E-state index contributed by atoms with van der Waals surface area (Å²) >= 11 is 0. The van der Waals surface area contributed by atoms with Crippen LogP contribution in [0.3, 0.4) is 0 Å². The van der Waals surface area contributed by atoms with Crippen molar-refractivity contribution >= 4 is 6.09 Å². The molecule has 1 heterocycles. The van der Waals surface area contributed by atoms with Gasteiger partial charge < -0.3 is 15.0 Å². The van der Waals surface area contributed by atoms with Crippen LogP contribution in [0.15, 0.2) is 0 Å². The molecule has 1 fully saturated rings. The molecule has 1 rings (SSSR count). The number of hydrogen-bond acceptors (Lipinski definition) is 3. The smallest absolute Gasteiger partial charge is 0.409 e. The molecule has 0 radical (unpaired) electrons. The lowest BCUT2D eigenvalue weighted by molar-refractivity contribution is 0.0274. The van der Waals surface area contributed by atoms with Gasteiger partial charge in [0.1, 0.15) is 0 Å². The van der Waals surface area contributed by atoms with Gasteiger partial charge in [0.25, 0.3) is 0 Å². The summed E-state index contributed by atoms with van der Waals surface area (Å²) in [4.78, 5) is 13.3. The second kappa shape index (κ2) is 5.35. The first-order valence-electron chi connectivity index (χ1n) is 5.63. The summed E-state index contributed by atoms with van der Waals surface area (Å²) in [6.45, 7) is 8.52. The minimum atomic E-state index is -0.172. The molecule has 1 aliphatic heterocycles. The Morgan fingerprint density at radius 2 is 2.20 bits per heavy atom. The van der Waals surface area contributed by atoms with Crippen molar-refractivity contribution in [1.29, 1.82) is 0 Å². The Hall–Kier alpha value is -0.770. The van der Waals surface area contributed by atoms with Crippen LogP contribution >= 0.6 is 0 Å². The van der Waals surface area contributed by atoms with Gasteiger partial charge in [-0.15, -0.1) is 0 Å². The van der Waals surface area contributed by atoms with Crippen LogP contribution in [0.2, 0.25) is 0 Å². The average Bonchev–Trinajstić information content (AvgIpc) is 2.20. The van der Waals surface area contributed by atoms with Gasteiger partial charge in [-0.1, -0.05) is 13.8 Å². The van der Waals surface area contributed by atoms with E-state index in [0.29, 0.717) is 24.5 Å².